The van der Waals surface area contributed by atoms with E-state index in [-0.39, 0.29) is 12.4 Å². The molecule has 4 heteroatoms. The first-order valence-corrected chi connectivity index (χ1v) is 6.95. The van der Waals surface area contributed by atoms with Crippen LogP contribution in [0.4, 0.5) is 0 Å². The van der Waals surface area contributed by atoms with Gasteiger partial charge in [-0.1, -0.05) is 60.7 Å². The van der Waals surface area contributed by atoms with Crippen molar-refractivity contribution in [2.24, 2.45) is 0 Å². The van der Waals surface area contributed by atoms with Crippen LogP contribution in [0.3, 0.4) is 0 Å². The number of oxazole rings is 1. The molecule has 0 atom stereocenters. The molecule has 2 aromatic carbocycles. The molecule has 0 radical (unpaired) electrons. The molecule has 110 valence electrons. The number of esters is 1. The number of aromatic nitrogens is 1. The van der Waals surface area contributed by atoms with Crippen molar-refractivity contribution in [1.82, 2.24) is 4.98 Å². The molecule has 0 aliphatic rings. The molecule has 0 saturated carbocycles. The Balaban J connectivity index is 2.08. The summed E-state index contributed by atoms with van der Waals surface area (Å²) in [6, 6.07) is 19.5. The van der Waals surface area contributed by atoms with E-state index in [1.807, 2.05) is 60.7 Å². The van der Waals surface area contributed by atoms with E-state index in [4.69, 9.17) is 4.42 Å². The molecular formula is C18H15NO3. The smallest absolute Gasteiger partial charge is 0.314 e. The van der Waals surface area contributed by atoms with Gasteiger partial charge in [-0.05, 0) is 0 Å². The number of nitrogens with zero attached hydrogens (tertiary/aromatic N) is 1. The van der Waals surface area contributed by atoms with E-state index in [2.05, 4.69) is 9.72 Å². The van der Waals surface area contributed by atoms with E-state index in [9.17, 15) is 4.79 Å². The summed E-state index contributed by atoms with van der Waals surface area (Å²) in [6.45, 7) is 0. The summed E-state index contributed by atoms with van der Waals surface area (Å²) in [4.78, 5) is 15.9. The van der Waals surface area contributed by atoms with Crippen LogP contribution >= 0.6 is 0 Å². The third-order valence-electron chi connectivity index (χ3n) is 3.28. The molecule has 1 aromatic heterocycles. The van der Waals surface area contributed by atoms with Gasteiger partial charge in [-0.15, -0.1) is 0 Å². The SMILES string of the molecule is COC(=O)Cc1nc(-c2ccccc2)c(-c2ccccc2)o1. The first kappa shape index (κ1) is 14.1. The van der Waals surface area contributed by atoms with Crippen molar-refractivity contribution in [3.8, 4) is 22.6 Å². The van der Waals surface area contributed by atoms with Gasteiger partial charge in [0.05, 0.1) is 7.11 Å². The van der Waals surface area contributed by atoms with Gasteiger partial charge in [0.25, 0.3) is 0 Å². The van der Waals surface area contributed by atoms with Gasteiger partial charge in [-0.25, -0.2) is 4.98 Å². The molecule has 0 fully saturated rings. The van der Waals surface area contributed by atoms with Crippen LogP contribution in [-0.4, -0.2) is 18.1 Å². The summed E-state index contributed by atoms with van der Waals surface area (Å²) in [5.41, 5.74) is 2.59. The van der Waals surface area contributed by atoms with Crippen LogP contribution in [0.2, 0.25) is 0 Å². The molecule has 0 spiro atoms. The fourth-order valence-electron chi connectivity index (χ4n) is 2.21. The number of rotatable bonds is 4. The fourth-order valence-corrected chi connectivity index (χ4v) is 2.21. The van der Waals surface area contributed by atoms with Gasteiger partial charge in [0, 0.05) is 11.1 Å². The number of hydrogen-bond donors (Lipinski definition) is 0. The van der Waals surface area contributed by atoms with Gasteiger partial charge in [0.2, 0.25) is 5.89 Å². The molecule has 0 saturated heterocycles. The normalized spacial score (nSPS) is 10.4. The van der Waals surface area contributed by atoms with Crippen molar-refractivity contribution in [1.29, 1.82) is 0 Å². The van der Waals surface area contributed by atoms with Crippen molar-refractivity contribution in [3.63, 3.8) is 0 Å². The Kier molecular flexibility index (Phi) is 4.01. The first-order valence-electron chi connectivity index (χ1n) is 6.95. The molecule has 0 aliphatic heterocycles. The maximum Gasteiger partial charge on any atom is 0.314 e. The van der Waals surface area contributed by atoms with Crippen LogP contribution in [0.15, 0.2) is 65.1 Å². The van der Waals surface area contributed by atoms with E-state index in [0.717, 1.165) is 16.8 Å². The average molecular weight is 293 g/mol. The third-order valence-corrected chi connectivity index (χ3v) is 3.28. The largest absolute Gasteiger partial charge is 0.469 e. The van der Waals surface area contributed by atoms with Crippen LogP contribution in [0.1, 0.15) is 5.89 Å². The summed E-state index contributed by atoms with van der Waals surface area (Å²) in [5.74, 6) is 0.635. The van der Waals surface area contributed by atoms with Crippen molar-refractivity contribution < 1.29 is 13.9 Å². The molecule has 4 nitrogen and oxygen atoms in total. The molecule has 0 bridgehead atoms. The molecule has 0 unspecified atom stereocenters. The average Bonchev–Trinajstić information content (AvgIpc) is 3.00. The predicted octanol–water partition coefficient (Wildman–Crippen LogP) is 3.72. The van der Waals surface area contributed by atoms with Gasteiger partial charge in [-0.2, -0.15) is 0 Å². The van der Waals surface area contributed by atoms with Crippen molar-refractivity contribution in [2.45, 2.75) is 6.42 Å². The van der Waals surface area contributed by atoms with E-state index >= 15 is 0 Å². The van der Waals surface area contributed by atoms with E-state index < -0.39 is 0 Å². The Bertz CT molecular complexity index is 707. The monoisotopic (exact) mass is 293 g/mol. The molecule has 1 heterocycles. The Labute approximate surface area is 128 Å². The lowest BCUT2D eigenvalue weighted by molar-refractivity contribution is -0.140. The van der Waals surface area contributed by atoms with Gasteiger partial charge in [0.1, 0.15) is 12.1 Å². The first-order chi connectivity index (χ1) is 10.8. The van der Waals surface area contributed by atoms with E-state index in [1.54, 1.807) is 0 Å². The maximum absolute atomic E-state index is 11.5. The summed E-state index contributed by atoms with van der Waals surface area (Å²) >= 11 is 0. The van der Waals surface area contributed by atoms with Crippen LogP contribution in [0.25, 0.3) is 22.6 Å². The Morgan fingerprint density at radius 3 is 2.18 bits per heavy atom. The van der Waals surface area contributed by atoms with Crippen LogP contribution in [0, 0.1) is 0 Å². The molecule has 0 N–H and O–H groups in total. The second kappa shape index (κ2) is 6.26. The van der Waals surface area contributed by atoms with Gasteiger partial charge >= 0.3 is 5.97 Å². The van der Waals surface area contributed by atoms with Gasteiger partial charge in [-0.3, -0.25) is 4.79 Å². The van der Waals surface area contributed by atoms with Crippen LogP contribution in [-0.2, 0) is 16.0 Å². The highest BCUT2D eigenvalue weighted by Gasteiger charge is 2.18. The standard InChI is InChI=1S/C18H15NO3/c1-21-16(20)12-15-19-17(13-8-4-2-5-9-13)18(22-15)14-10-6-3-7-11-14/h2-11H,12H2,1H3. The summed E-state index contributed by atoms with van der Waals surface area (Å²) < 4.78 is 10.5. The quantitative estimate of drug-likeness (QED) is 0.688. The lowest BCUT2D eigenvalue weighted by Gasteiger charge is -2.00. The van der Waals surface area contributed by atoms with Crippen molar-refractivity contribution >= 4 is 5.97 Å². The van der Waals surface area contributed by atoms with Crippen molar-refractivity contribution in [2.75, 3.05) is 7.11 Å². The summed E-state index contributed by atoms with van der Waals surface area (Å²) in [5, 5.41) is 0. The molecule has 0 amide bonds. The fraction of sp³-hybridized carbons (Fsp3) is 0.111. The lowest BCUT2D eigenvalue weighted by Crippen LogP contribution is -2.04. The number of carbonyl (C=O) groups excluding carboxylic acids is 1. The highest BCUT2D eigenvalue weighted by molar-refractivity contribution is 5.78. The van der Waals surface area contributed by atoms with E-state index in [0.29, 0.717) is 11.7 Å². The number of ether oxygens (including phenoxy) is 1. The van der Waals surface area contributed by atoms with Crippen LogP contribution < -0.4 is 0 Å². The van der Waals surface area contributed by atoms with Gasteiger partial charge < -0.3 is 9.15 Å². The zero-order chi connectivity index (χ0) is 15.4. The second-order valence-electron chi connectivity index (χ2n) is 4.77. The Morgan fingerprint density at radius 1 is 1.00 bits per heavy atom. The minimum Gasteiger partial charge on any atom is -0.469 e. The maximum atomic E-state index is 11.5. The molecular weight excluding hydrogens is 278 g/mol. The molecule has 22 heavy (non-hydrogen) atoms. The lowest BCUT2D eigenvalue weighted by atomic mass is 10.1. The third kappa shape index (κ3) is 2.91. The Morgan fingerprint density at radius 2 is 1.59 bits per heavy atom. The van der Waals surface area contributed by atoms with Gasteiger partial charge in [0.15, 0.2) is 5.76 Å². The molecule has 3 rings (SSSR count). The summed E-state index contributed by atoms with van der Waals surface area (Å²) in [7, 11) is 1.35. The number of carbonyl (C=O) groups is 1. The van der Waals surface area contributed by atoms with Crippen molar-refractivity contribution in [3.05, 3.63) is 66.6 Å². The minimum atomic E-state index is -0.375. The number of hydrogen-bond acceptors (Lipinski definition) is 4. The second-order valence-corrected chi connectivity index (χ2v) is 4.77. The number of benzene rings is 2. The zero-order valence-electron chi connectivity index (χ0n) is 12.2. The number of methoxy groups -OCH3 is 1. The predicted molar refractivity (Wildman–Crippen MR) is 83.1 cm³/mol. The Hall–Kier alpha value is -2.88. The minimum absolute atomic E-state index is 0.0170. The molecule has 0 aliphatic carbocycles. The molecule has 3 aromatic rings. The van der Waals surface area contributed by atoms with Crippen LogP contribution in [0.5, 0.6) is 0 Å². The zero-order valence-corrected chi connectivity index (χ0v) is 12.2. The highest BCUT2D eigenvalue weighted by Crippen LogP contribution is 2.32. The topological polar surface area (TPSA) is 52.3 Å². The summed E-state index contributed by atoms with van der Waals surface area (Å²) in [6.07, 6.45) is 0.0170. The highest BCUT2D eigenvalue weighted by atomic mass is 16.5. The van der Waals surface area contributed by atoms with E-state index in [1.165, 1.54) is 7.11 Å².